The Balaban J connectivity index is 2.37. The van der Waals surface area contributed by atoms with Crippen molar-refractivity contribution in [2.75, 3.05) is 6.61 Å². The molecule has 0 spiro atoms. The second kappa shape index (κ2) is 5.31. The number of esters is 1. The molecule has 0 amide bonds. The molecule has 1 rings (SSSR count). The second-order valence-corrected chi connectivity index (χ2v) is 5.16. The zero-order valence-electron chi connectivity index (χ0n) is 10.2. The number of carbonyl (C=O) groups is 1. The Morgan fingerprint density at radius 2 is 2.19 bits per heavy atom. The molecule has 0 aromatic rings. The molecule has 0 aromatic carbocycles. The largest absolute Gasteiger partial charge is 0.458 e. The van der Waals surface area contributed by atoms with Crippen LogP contribution in [0.5, 0.6) is 0 Å². The van der Waals surface area contributed by atoms with Gasteiger partial charge in [0.15, 0.2) is 6.10 Å². The number of carbonyl (C=O) groups excluding carboxylic acids is 1. The third kappa shape index (κ3) is 4.19. The van der Waals surface area contributed by atoms with Crippen LogP contribution < -0.4 is 0 Å². The lowest BCUT2D eigenvalue weighted by atomic mass is 9.96. The van der Waals surface area contributed by atoms with Crippen molar-refractivity contribution in [2.24, 2.45) is 5.92 Å². The zero-order valence-corrected chi connectivity index (χ0v) is 10.2. The van der Waals surface area contributed by atoms with Gasteiger partial charge in [0, 0.05) is 6.42 Å². The van der Waals surface area contributed by atoms with E-state index in [4.69, 9.17) is 14.7 Å². The minimum atomic E-state index is -0.468. The van der Waals surface area contributed by atoms with E-state index in [-0.39, 0.29) is 11.9 Å². The highest BCUT2D eigenvalue weighted by Crippen LogP contribution is 2.23. The maximum absolute atomic E-state index is 11.7. The van der Waals surface area contributed by atoms with Crippen LogP contribution in [-0.4, -0.2) is 24.3 Å². The summed E-state index contributed by atoms with van der Waals surface area (Å²) in [5, 5.41) is 8.55. The van der Waals surface area contributed by atoms with E-state index >= 15 is 0 Å². The molecule has 4 nitrogen and oxygen atoms in total. The van der Waals surface area contributed by atoms with Crippen LogP contribution in [-0.2, 0) is 14.3 Å². The first-order valence-electron chi connectivity index (χ1n) is 5.64. The van der Waals surface area contributed by atoms with Gasteiger partial charge < -0.3 is 9.47 Å². The van der Waals surface area contributed by atoms with Gasteiger partial charge in [-0.15, -0.1) is 0 Å². The highest BCUT2D eigenvalue weighted by molar-refractivity contribution is 5.75. The van der Waals surface area contributed by atoms with E-state index in [1.54, 1.807) is 0 Å². The van der Waals surface area contributed by atoms with E-state index in [0.717, 1.165) is 6.42 Å². The molecule has 0 N–H and O–H groups in total. The summed E-state index contributed by atoms with van der Waals surface area (Å²) in [5.74, 6) is -0.0217. The van der Waals surface area contributed by atoms with Crippen molar-refractivity contribution in [2.45, 2.75) is 51.7 Å². The molecule has 90 valence electrons. The summed E-state index contributed by atoms with van der Waals surface area (Å²) in [7, 11) is 0. The lowest BCUT2D eigenvalue weighted by Crippen LogP contribution is -2.37. The quantitative estimate of drug-likeness (QED) is 0.675. The van der Waals surface area contributed by atoms with Gasteiger partial charge in [-0.3, -0.25) is 0 Å². The minimum Gasteiger partial charge on any atom is -0.458 e. The van der Waals surface area contributed by atoms with Crippen molar-refractivity contribution < 1.29 is 14.3 Å². The summed E-state index contributed by atoms with van der Waals surface area (Å²) < 4.78 is 10.7. The summed E-state index contributed by atoms with van der Waals surface area (Å²) in [4.78, 5) is 11.7. The molecular weight excluding hydrogens is 206 g/mol. The average molecular weight is 225 g/mol. The average Bonchev–Trinajstić information content (AvgIpc) is 2.16. The van der Waals surface area contributed by atoms with E-state index in [0.29, 0.717) is 19.4 Å². The fraction of sp³-hybridized carbons (Fsp3) is 0.833. The van der Waals surface area contributed by atoms with Gasteiger partial charge >= 0.3 is 5.97 Å². The molecular formula is C12H19NO3. The summed E-state index contributed by atoms with van der Waals surface area (Å²) in [5.41, 5.74) is -0.468. The monoisotopic (exact) mass is 225 g/mol. The Morgan fingerprint density at radius 3 is 2.62 bits per heavy atom. The van der Waals surface area contributed by atoms with Gasteiger partial charge in [0.2, 0.25) is 0 Å². The van der Waals surface area contributed by atoms with Gasteiger partial charge in [-0.05, 0) is 39.5 Å². The van der Waals surface area contributed by atoms with E-state index in [1.165, 1.54) is 0 Å². The highest BCUT2D eigenvalue weighted by Gasteiger charge is 2.30. The van der Waals surface area contributed by atoms with E-state index in [9.17, 15) is 4.79 Å². The number of nitrogens with zero attached hydrogens (tertiary/aromatic N) is 1. The number of ether oxygens (including phenoxy) is 2. The molecule has 1 unspecified atom stereocenters. The van der Waals surface area contributed by atoms with Crippen LogP contribution in [0.25, 0.3) is 0 Å². The smallest absolute Gasteiger partial charge is 0.335 e. The van der Waals surface area contributed by atoms with Crippen LogP contribution in [0.1, 0.15) is 40.0 Å². The molecule has 1 aliphatic rings. The number of rotatable bonds is 2. The van der Waals surface area contributed by atoms with E-state index in [1.807, 2.05) is 20.8 Å². The Bertz CT molecular complexity index is 280. The molecule has 1 aliphatic heterocycles. The Morgan fingerprint density at radius 1 is 1.50 bits per heavy atom. The molecule has 16 heavy (non-hydrogen) atoms. The first-order chi connectivity index (χ1) is 7.42. The summed E-state index contributed by atoms with van der Waals surface area (Å²) >= 11 is 0. The summed E-state index contributed by atoms with van der Waals surface area (Å²) in [6.45, 7) is 6.00. The Labute approximate surface area is 96.5 Å². The third-order valence-electron chi connectivity index (χ3n) is 2.42. The fourth-order valence-electron chi connectivity index (χ4n) is 1.65. The van der Waals surface area contributed by atoms with Gasteiger partial charge in [0.05, 0.1) is 12.7 Å². The molecule has 1 fully saturated rings. The SMILES string of the molecule is CC(C)(C)OC(=O)[C@@H]1CCC(CC#N)CO1. The maximum atomic E-state index is 11.7. The normalized spacial score (nSPS) is 25.9. The lowest BCUT2D eigenvalue weighted by Gasteiger charge is -2.29. The summed E-state index contributed by atoms with van der Waals surface area (Å²) in [6, 6.07) is 2.12. The van der Waals surface area contributed by atoms with Crippen molar-refractivity contribution >= 4 is 5.97 Å². The minimum absolute atomic E-state index is 0.267. The Hall–Kier alpha value is -1.08. The first-order valence-corrected chi connectivity index (χ1v) is 5.64. The van der Waals surface area contributed by atoms with Gasteiger partial charge in [0.1, 0.15) is 5.60 Å². The predicted molar refractivity (Wildman–Crippen MR) is 58.5 cm³/mol. The topological polar surface area (TPSA) is 59.3 Å². The maximum Gasteiger partial charge on any atom is 0.335 e. The van der Waals surface area contributed by atoms with Crippen molar-refractivity contribution in [1.29, 1.82) is 5.26 Å². The molecule has 0 radical (unpaired) electrons. The van der Waals surface area contributed by atoms with Gasteiger partial charge in [-0.1, -0.05) is 0 Å². The molecule has 0 saturated carbocycles. The zero-order chi connectivity index (χ0) is 12.2. The second-order valence-electron chi connectivity index (χ2n) is 5.16. The molecule has 0 aliphatic carbocycles. The molecule has 2 atom stereocenters. The number of hydrogen-bond acceptors (Lipinski definition) is 4. The van der Waals surface area contributed by atoms with Crippen LogP contribution in [0.3, 0.4) is 0 Å². The molecule has 1 heterocycles. The third-order valence-corrected chi connectivity index (χ3v) is 2.42. The molecule has 4 heteroatoms. The van der Waals surface area contributed by atoms with Crippen molar-refractivity contribution in [1.82, 2.24) is 0 Å². The van der Waals surface area contributed by atoms with Crippen LogP contribution in [0, 0.1) is 17.2 Å². The molecule has 1 saturated heterocycles. The first kappa shape index (κ1) is 13.0. The van der Waals surface area contributed by atoms with Crippen molar-refractivity contribution in [3.05, 3.63) is 0 Å². The van der Waals surface area contributed by atoms with E-state index in [2.05, 4.69) is 6.07 Å². The Kier molecular flexibility index (Phi) is 4.31. The van der Waals surface area contributed by atoms with Crippen LogP contribution >= 0.6 is 0 Å². The number of nitriles is 1. The van der Waals surface area contributed by atoms with Gasteiger partial charge in [0.25, 0.3) is 0 Å². The predicted octanol–water partition coefficient (Wildman–Crippen LogP) is 2.04. The number of hydrogen-bond donors (Lipinski definition) is 0. The van der Waals surface area contributed by atoms with Crippen LogP contribution in [0.4, 0.5) is 0 Å². The van der Waals surface area contributed by atoms with Crippen molar-refractivity contribution in [3.8, 4) is 6.07 Å². The fourth-order valence-corrected chi connectivity index (χ4v) is 1.65. The molecule has 0 aromatic heterocycles. The van der Waals surface area contributed by atoms with Gasteiger partial charge in [-0.25, -0.2) is 4.79 Å². The lowest BCUT2D eigenvalue weighted by molar-refractivity contribution is -0.173. The van der Waals surface area contributed by atoms with E-state index < -0.39 is 11.7 Å². The van der Waals surface area contributed by atoms with Gasteiger partial charge in [-0.2, -0.15) is 5.26 Å². The summed E-state index contributed by atoms with van der Waals surface area (Å²) in [6.07, 6.45) is 1.56. The molecule has 0 bridgehead atoms. The standard InChI is InChI=1S/C12H19NO3/c1-12(2,3)16-11(14)10-5-4-9(6-7-13)8-15-10/h9-10H,4-6,8H2,1-3H3/t9?,10-/m0/s1. The highest BCUT2D eigenvalue weighted by atomic mass is 16.6. The van der Waals surface area contributed by atoms with Crippen molar-refractivity contribution in [3.63, 3.8) is 0 Å². The van der Waals surface area contributed by atoms with Crippen LogP contribution in [0.15, 0.2) is 0 Å². The van der Waals surface area contributed by atoms with Crippen LogP contribution in [0.2, 0.25) is 0 Å².